The van der Waals surface area contributed by atoms with Crippen molar-refractivity contribution < 1.29 is 19.1 Å². The molecule has 0 radical (unpaired) electrons. The fourth-order valence-corrected chi connectivity index (χ4v) is 3.15. The standard InChI is InChI=1S/C17H19NO4/c19-15-7-9-22-11-14(15)13-10-16(20)18(17(13)21)8-6-12-4-2-1-3-5-12/h1-5,13-14H,6-11H2/t13-,14?/m1/s1. The van der Waals surface area contributed by atoms with Gasteiger partial charge in [0.25, 0.3) is 0 Å². The van der Waals surface area contributed by atoms with E-state index in [1.54, 1.807) is 0 Å². The van der Waals surface area contributed by atoms with Crippen LogP contribution in [0.5, 0.6) is 0 Å². The maximum absolute atomic E-state index is 12.5. The quantitative estimate of drug-likeness (QED) is 0.784. The molecule has 2 heterocycles. The van der Waals surface area contributed by atoms with Gasteiger partial charge >= 0.3 is 0 Å². The van der Waals surface area contributed by atoms with Gasteiger partial charge in [0.1, 0.15) is 5.78 Å². The van der Waals surface area contributed by atoms with Gasteiger partial charge in [-0.2, -0.15) is 0 Å². The van der Waals surface area contributed by atoms with Crippen molar-refractivity contribution >= 4 is 17.6 Å². The molecule has 3 rings (SSSR count). The van der Waals surface area contributed by atoms with E-state index in [1.165, 1.54) is 4.90 Å². The lowest BCUT2D eigenvalue weighted by Crippen LogP contribution is -2.39. The summed E-state index contributed by atoms with van der Waals surface area (Å²) >= 11 is 0. The molecule has 116 valence electrons. The molecule has 0 aliphatic carbocycles. The van der Waals surface area contributed by atoms with Gasteiger partial charge in [0.15, 0.2) is 0 Å². The van der Waals surface area contributed by atoms with Crippen LogP contribution in [0.25, 0.3) is 0 Å². The summed E-state index contributed by atoms with van der Waals surface area (Å²) in [4.78, 5) is 37.9. The molecule has 22 heavy (non-hydrogen) atoms. The predicted octanol–water partition coefficient (Wildman–Crippen LogP) is 1.21. The van der Waals surface area contributed by atoms with Crippen molar-refractivity contribution in [3.8, 4) is 0 Å². The van der Waals surface area contributed by atoms with E-state index in [4.69, 9.17) is 4.74 Å². The Labute approximate surface area is 129 Å². The minimum absolute atomic E-state index is 0.0438. The topological polar surface area (TPSA) is 63.7 Å². The van der Waals surface area contributed by atoms with E-state index in [-0.39, 0.29) is 30.6 Å². The molecule has 2 fully saturated rings. The van der Waals surface area contributed by atoms with Gasteiger partial charge in [-0.3, -0.25) is 19.3 Å². The summed E-state index contributed by atoms with van der Waals surface area (Å²) in [7, 11) is 0. The number of benzene rings is 1. The Hall–Kier alpha value is -2.01. The lowest BCUT2D eigenvalue weighted by Gasteiger charge is -2.25. The summed E-state index contributed by atoms with van der Waals surface area (Å²) in [5.74, 6) is -1.33. The van der Waals surface area contributed by atoms with Crippen LogP contribution in [0.1, 0.15) is 18.4 Å². The molecule has 0 spiro atoms. The Balaban J connectivity index is 1.65. The average molecular weight is 301 g/mol. The highest BCUT2D eigenvalue weighted by molar-refractivity contribution is 6.05. The molecule has 0 saturated carbocycles. The van der Waals surface area contributed by atoms with Gasteiger partial charge < -0.3 is 4.74 Å². The fraction of sp³-hybridized carbons (Fsp3) is 0.471. The third-order valence-electron chi connectivity index (χ3n) is 4.44. The number of carbonyl (C=O) groups is 3. The molecular formula is C17H19NO4. The number of imide groups is 1. The number of ether oxygens (including phenoxy) is 1. The molecule has 2 aliphatic rings. The van der Waals surface area contributed by atoms with E-state index >= 15 is 0 Å². The number of rotatable bonds is 4. The van der Waals surface area contributed by atoms with Gasteiger partial charge in [0, 0.05) is 19.4 Å². The first-order valence-electron chi connectivity index (χ1n) is 7.65. The van der Waals surface area contributed by atoms with Crippen molar-refractivity contribution in [1.29, 1.82) is 0 Å². The minimum Gasteiger partial charge on any atom is -0.380 e. The van der Waals surface area contributed by atoms with Crippen molar-refractivity contribution in [3.63, 3.8) is 0 Å². The third-order valence-corrected chi connectivity index (χ3v) is 4.44. The molecule has 0 N–H and O–H groups in total. The van der Waals surface area contributed by atoms with Crippen molar-refractivity contribution in [2.75, 3.05) is 19.8 Å². The lowest BCUT2D eigenvalue weighted by molar-refractivity contribution is -0.144. The van der Waals surface area contributed by atoms with Crippen LogP contribution < -0.4 is 0 Å². The fourth-order valence-electron chi connectivity index (χ4n) is 3.15. The molecule has 2 amide bonds. The Morgan fingerprint density at radius 3 is 2.59 bits per heavy atom. The molecule has 5 heteroatoms. The molecule has 1 unspecified atom stereocenters. The van der Waals surface area contributed by atoms with Gasteiger partial charge in [0.05, 0.1) is 25.0 Å². The summed E-state index contributed by atoms with van der Waals surface area (Å²) in [5.41, 5.74) is 1.09. The van der Waals surface area contributed by atoms with E-state index in [0.717, 1.165) is 5.56 Å². The van der Waals surface area contributed by atoms with E-state index in [1.807, 2.05) is 30.3 Å². The van der Waals surface area contributed by atoms with Crippen LogP contribution in [-0.4, -0.2) is 42.3 Å². The predicted molar refractivity (Wildman–Crippen MR) is 78.9 cm³/mol. The monoisotopic (exact) mass is 301 g/mol. The van der Waals surface area contributed by atoms with Crippen LogP contribution in [-0.2, 0) is 25.5 Å². The second-order valence-electron chi connectivity index (χ2n) is 5.83. The van der Waals surface area contributed by atoms with E-state index < -0.39 is 11.8 Å². The van der Waals surface area contributed by atoms with Gasteiger partial charge in [-0.25, -0.2) is 0 Å². The number of hydrogen-bond acceptors (Lipinski definition) is 4. The van der Waals surface area contributed by atoms with Crippen molar-refractivity contribution in [3.05, 3.63) is 35.9 Å². The van der Waals surface area contributed by atoms with Crippen LogP contribution in [0.2, 0.25) is 0 Å². The lowest BCUT2D eigenvalue weighted by atomic mass is 9.85. The van der Waals surface area contributed by atoms with Crippen LogP contribution >= 0.6 is 0 Å². The molecule has 2 aliphatic heterocycles. The van der Waals surface area contributed by atoms with Crippen LogP contribution in [0.15, 0.2) is 30.3 Å². The molecule has 5 nitrogen and oxygen atoms in total. The number of ketones is 1. The Morgan fingerprint density at radius 1 is 1.09 bits per heavy atom. The first-order chi connectivity index (χ1) is 10.7. The third kappa shape index (κ3) is 2.95. The molecule has 0 aromatic heterocycles. The SMILES string of the molecule is O=C1CCOCC1[C@H]1CC(=O)N(CCc2ccccc2)C1=O. The van der Waals surface area contributed by atoms with Crippen LogP contribution in [0, 0.1) is 11.8 Å². The second kappa shape index (κ2) is 6.40. The molecular weight excluding hydrogens is 282 g/mol. The molecule has 1 aromatic rings. The molecule has 1 aromatic carbocycles. The van der Waals surface area contributed by atoms with Crippen LogP contribution in [0.3, 0.4) is 0 Å². The molecule has 2 saturated heterocycles. The first-order valence-corrected chi connectivity index (χ1v) is 7.65. The summed E-state index contributed by atoms with van der Waals surface area (Å²) in [6.45, 7) is 1.05. The van der Waals surface area contributed by atoms with E-state index in [2.05, 4.69) is 0 Å². The van der Waals surface area contributed by atoms with E-state index in [0.29, 0.717) is 26.0 Å². The largest absolute Gasteiger partial charge is 0.380 e. The Morgan fingerprint density at radius 2 is 1.86 bits per heavy atom. The smallest absolute Gasteiger partial charge is 0.233 e. The second-order valence-corrected chi connectivity index (χ2v) is 5.83. The summed E-state index contributed by atoms with van der Waals surface area (Å²) < 4.78 is 5.31. The zero-order chi connectivity index (χ0) is 15.5. The zero-order valence-electron chi connectivity index (χ0n) is 12.4. The normalized spacial score (nSPS) is 25.8. The average Bonchev–Trinajstić information content (AvgIpc) is 2.81. The van der Waals surface area contributed by atoms with Crippen LogP contribution in [0.4, 0.5) is 0 Å². The number of nitrogens with zero attached hydrogens (tertiary/aromatic N) is 1. The van der Waals surface area contributed by atoms with Gasteiger partial charge in [-0.1, -0.05) is 30.3 Å². The van der Waals surface area contributed by atoms with Crippen molar-refractivity contribution in [2.24, 2.45) is 11.8 Å². The van der Waals surface area contributed by atoms with Gasteiger partial charge in [0.2, 0.25) is 11.8 Å². The highest BCUT2D eigenvalue weighted by atomic mass is 16.5. The number of hydrogen-bond donors (Lipinski definition) is 0. The zero-order valence-corrected chi connectivity index (χ0v) is 12.4. The maximum Gasteiger partial charge on any atom is 0.233 e. The van der Waals surface area contributed by atoms with Gasteiger partial charge in [-0.15, -0.1) is 0 Å². The summed E-state index contributed by atoms with van der Waals surface area (Å²) in [6, 6.07) is 9.75. The number of carbonyl (C=O) groups excluding carboxylic acids is 3. The van der Waals surface area contributed by atoms with Crippen molar-refractivity contribution in [1.82, 2.24) is 4.90 Å². The highest BCUT2D eigenvalue weighted by Crippen LogP contribution is 2.30. The summed E-state index contributed by atoms with van der Waals surface area (Å²) in [6.07, 6.45) is 1.11. The highest BCUT2D eigenvalue weighted by Gasteiger charge is 2.45. The first kappa shape index (κ1) is 14.9. The minimum atomic E-state index is -0.531. The number of Topliss-reactive ketones (excluding diaryl/α,β-unsaturated/α-hetero) is 1. The molecule has 0 bridgehead atoms. The Bertz CT molecular complexity index is 584. The van der Waals surface area contributed by atoms with Gasteiger partial charge in [-0.05, 0) is 12.0 Å². The summed E-state index contributed by atoms with van der Waals surface area (Å²) in [5, 5.41) is 0. The van der Waals surface area contributed by atoms with Crippen molar-refractivity contribution in [2.45, 2.75) is 19.3 Å². The molecule has 2 atom stereocenters. The van der Waals surface area contributed by atoms with E-state index in [9.17, 15) is 14.4 Å². The number of amides is 2. The Kier molecular flexibility index (Phi) is 4.34. The number of likely N-dealkylation sites (tertiary alicyclic amines) is 1. The maximum atomic E-state index is 12.5.